The molecule has 3 aliphatic rings. The smallest absolute Gasteiger partial charge is 0.193 e. The molecule has 0 aromatic heterocycles. The van der Waals surface area contributed by atoms with Gasteiger partial charge in [0, 0.05) is 39.3 Å². The maximum Gasteiger partial charge on any atom is 0.193 e. The van der Waals surface area contributed by atoms with Gasteiger partial charge in [-0.1, -0.05) is 25.0 Å². The molecule has 0 amide bonds. The fraction of sp³-hybridized carbons (Fsp3) is 0.696. The quantitative estimate of drug-likeness (QED) is 0.622. The van der Waals surface area contributed by atoms with Crippen molar-refractivity contribution in [2.24, 2.45) is 22.7 Å². The van der Waals surface area contributed by atoms with Crippen molar-refractivity contribution < 1.29 is 4.74 Å². The molecule has 1 aromatic rings. The van der Waals surface area contributed by atoms with Gasteiger partial charge in [0.15, 0.2) is 5.96 Å². The molecule has 2 saturated heterocycles. The topological polar surface area (TPSA) is 40.1 Å². The second-order valence-corrected chi connectivity index (χ2v) is 8.68. The van der Waals surface area contributed by atoms with Crippen LogP contribution in [0.2, 0.25) is 0 Å². The molecule has 0 spiro atoms. The molecule has 1 aliphatic carbocycles. The third-order valence-electron chi connectivity index (χ3n) is 6.82. The zero-order chi connectivity index (χ0) is 19.3. The molecule has 2 heterocycles. The van der Waals surface area contributed by atoms with E-state index in [4.69, 9.17) is 9.73 Å². The van der Waals surface area contributed by atoms with Crippen LogP contribution in [0.4, 0.5) is 5.69 Å². The number of hydrogen-bond acceptors (Lipinski definition) is 3. The van der Waals surface area contributed by atoms with Crippen molar-refractivity contribution in [3.63, 3.8) is 0 Å². The summed E-state index contributed by atoms with van der Waals surface area (Å²) >= 11 is 0. The highest BCUT2D eigenvalue weighted by atomic mass is 16.5. The van der Waals surface area contributed by atoms with Crippen LogP contribution in [0.15, 0.2) is 29.3 Å². The zero-order valence-electron chi connectivity index (χ0n) is 17.6. The number of guanidine groups is 1. The number of ether oxygens (including phenoxy) is 1. The van der Waals surface area contributed by atoms with Gasteiger partial charge >= 0.3 is 0 Å². The molecule has 1 N–H and O–H groups in total. The highest BCUT2D eigenvalue weighted by molar-refractivity contribution is 5.80. The zero-order valence-corrected chi connectivity index (χ0v) is 17.6. The summed E-state index contributed by atoms with van der Waals surface area (Å²) in [7, 11) is 1.76. The van der Waals surface area contributed by atoms with Gasteiger partial charge in [0.05, 0.1) is 12.8 Å². The number of methoxy groups -OCH3 is 1. The predicted octanol–water partition coefficient (Wildman–Crippen LogP) is 3.61. The van der Waals surface area contributed by atoms with Gasteiger partial charge in [-0.15, -0.1) is 0 Å². The SMILES string of the molecule is CCNC(=NCC1CCN(c2ccccc2OC)C1)N1CC2CCCCC2C1. The first-order chi connectivity index (χ1) is 13.8. The first-order valence-corrected chi connectivity index (χ1v) is 11.2. The number of aliphatic imine (C=N–C) groups is 1. The number of likely N-dealkylation sites (tertiary alicyclic amines) is 1. The van der Waals surface area contributed by atoms with Gasteiger partial charge in [-0.05, 0) is 56.1 Å². The molecule has 1 aromatic carbocycles. The van der Waals surface area contributed by atoms with E-state index in [1.807, 2.05) is 6.07 Å². The molecule has 0 bridgehead atoms. The Hall–Kier alpha value is -1.91. The minimum absolute atomic E-state index is 0.614. The summed E-state index contributed by atoms with van der Waals surface area (Å²) in [6.07, 6.45) is 6.87. The van der Waals surface area contributed by atoms with Gasteiger partial charge in [-0.3, -0.25) is 4.99 Å². The average Bonchev–Trinajstić information content (AvgIpc) is 3.38. The largest absolute Gasteiger partial charge is 0.495 e. The van der Waals surface area contributed by atoms with Gasteiger partial charge < -0.3 is 19.9 Å². The van der Waals surface area contributed by atoms with Crippen molar-refractivity contribution in [2.45, 2.75) is 39.0 Å². The van der Waals surface area contributed by atoms with Crippen molar-refractivity contribution in [1.29, 1.82) is 0 Å². The van der Waals surface area contributed by atoms with Crippen LogP contribution in [0.1, 0.15) is 39.0 Å². The van der Waals surface area contributed by atoms with E-state index in [9.17, 15) is 0 Å². The molecule has 28 heavy (non-hydrogen) atoms. The van der Waals surface area contributed by atoms with Crippen LogP contribution in [-0.4, -0.2) is 57.2 Å². The van der Waals surface area contributed by atoms with E-state index in [2.05, 4.69) is 40.2 Å². The summed E-state index contributed by atoms with van der Waals surface area (Å²) < 4.78 is 5.55. The Balaban J connectivity index is 1.37. The lowest BCUT2D eigenvalue weighted by molar-refractivity contribution is 0.299. The number of rotatable bonds is 5. The van der Waals surface area contributed by atoms with Crippen LogP contribution >= 0.6 is 0 Å². The van der Waals surface area contributed by atoms with E-state index in [0.717, 1.165) is 49.7 Å². The highest BCUT2D eigenvalue weighted by Gasteiger charge is 2.35. The van der Waals surface area contributed by atoms with Gasteiger partial charge in [-0.25, -0.2) is 0 Å². The monoisotopic (exact) mass is 384 g/mol. The molecular weight excluding hydrogens is 348 g/mol. The third-order valence-corrected chi connectivity index (χ3v) is 6.82. The summed E-state index contributed by atoms with van der Waals surface area (Å²) in [5.41, 5.74) is 1.21. The van der Waals surface area contributed by atoms with Crippen molar-refractivity contribution in [2.75, 3.05) is 51.3 Å². The van der Waals surface area contributed by atoms with Crippen LogP contribution in [0, 0.1) is 17.8 Å². The molecule has 3 atom stereocenters. The number of hydrogen-bond donors (Lipinski definition) is 1. The molecule has 5 nitrogen and oxygen atoms in total. The van der Waals surface area contributed by atoms with E-state index in [1.54, 1.807) is 7.11 Å². The average molecular weight is 385 g/mol. The van der Waals surface area contributed by atoms with Gasteiger partial charge in [0.1, 0.15) is 5.75 Å². The van der Waals surface area contributed by atoms with Crippen LogP contribution < -0.4 is 15.0 Å². The summed E-state index contributed by atoms with van der Waals surface area (Å²) in [6.45, 7) is 8.60. The maximum atomic E-state index is 5.55. The van der Waals surface area contributed by atoms with Gasteiger partial charge in [0.2, 0.25) is 0 Å². The normalized spacial score (nSPS) is 27.8. The summed E-state index contributed by atoms with van der Waals surface area (Å²) in [5, 5.41) is 3.56. The second-order valence-electron chi connectivity index (χ2n) is 8.68. The minimum Gasteiger partial charge on any atom is -0.495 e. The fourth-order valence-electron chi connectivity index (χ4n) is 5.31. The van der Waals surface area contributed by atoms with Gasteiger partial charge in [0.25, 0.3) is 0 Å². The first-order valence-electron chi connectivity index (χ1n) is 11.2. The molecule has 154 valence electrons. The van der Waals surface area contributed by atoms with E-state index in [1.165, 1.54) is 50.9 Å². The fourth-order valence-corrected chi connectivity index (χ4v) is 5.31. The Morgan fingerprint density at radius 3 is 2.57 bits per heavy atom. The van der Waals surface area contributed by atoms with Crippen molar-refractivity contribution in [3.05, 3.63) is 24.3 Å². The standard InChI is InChI=1S/C23H36N4O/c1-3-24-23(27-16-19-8-4-5-9-20(19)17-27)25-14-18-12-13-26(15-18)21-10-6-7-11-22(21)28-2/h6-7,10-11,18-20H,3-5,8-9,12-17H2,1-2H3,(H,24,25). The molecule has 1 saturated carbocycles. The van der Waals surface area contributed by atoms with E-state index in [0.29, 0.717) is 5.92 Å². The third kappa shape index (κ3) is 4.23. The Labute approximate surface area is 170 Å². The number of anilines is 1. The predicted molar refractivity (Wildman–Crippen MR) is 116 cm³/mol. The number of fused-ring (bicyclic) bond motifs is 1. The summed E-state index contributed by atoms with van der Waals surface area (Å²) in [6, 6.07) is 8.35. The molecule has 0 radical (unpaired) electrons. The number of nitrogens with one attached hydrogen (secondary N) is 1. The van der Waals surface area contributed by atoms with Gasteiger partial charge in [-0.2, -0.15) is 0 Å². The Morgan fingerprint density at radius 2 is 1.86 bits per heavy atom. The summed E-state index contributed by atoms with van der Waals surface area (Å²) in [4.78, 5) is 10.1. The first kappa shape index (κ1) is 19.4. The Morgan fingerprint density at radius 1 is 1.11 bits per heavy atom. The van der Waals surface area contributed by atoms with E-state index >= 15 is 0 Å². The minimum atomic E-state index is 0.614. The van der Waals surface area contributed by atoms with Crippen LogP contribution in [0.5, 0.6) is 5.75 Å². The van der Waals surface area contributed by atoms with Crippen LogP contribution in [0.3, 0.4) is 0 Å². The van der Waals surface area contributed by atoms with Crippen LogP contribution in [0.25, 0.3) is 0 Å². The number of benzene rings is 1. The molecule has 3 unspecified atom stereocenters. The van der Waals surface area contributed by atoms with Crippen LogP contribution in [-0.2, 0) is 0 Å². The van der Waals surface area contributed by atoms with Crippen molar-refractivity contribution in [3.8, 4) is 5.75 Å². The van der Waals surface area contributed by atoms with E-state index < -0.39 is 0 Å². The molecule has 2 aliphatic heterocycles. The summed E-state index contributed by atoms with van der Waals surface area (Å²) in [5.74, 6) is 4.52. The molecule has 3 fully saturated rings. The highest BCUT2D eigenvalue weighted by Crippen LogP contribution is 2.36. The Kier molecular flexibility index (Phi) is 6.28. The van der Waals surface area contributed by atoms with Crippen molar-refractivity contribution >= 4 is 11.6 Å². The Bertz CT molecular complexity index is 662. The number of para-hydroxylation sites is 2. The lowest BCUT2D eigenvalue weighted by Crippen LogP contribution is -2.40. The second kappa shape index (κ2) is 9.06. The van der Waals surface area contributed by atoms with E-state index in [-0.39, 0.29) is 0 Å². The lowest BCUT2D eigenvalue weighted by atomic mass is 9.82. The molecule has 5 heteroatoms. The molecule has 4 rings (SSSR count). The maximum absolute atomic E-state index is 5.55. The van der Waals surface area contributed by atoms with Crippen molar-refractivity contribution in [1.82, 2.24) is 10.2 Å². The lowest BCUT2D eigenvalue weighted by Gasteiger charge is -2.23. The molecular formula is C23H36N4O. The number of nitrogens with zero attached hydrogens (tertiary/aromatic N) is 3.